The van der Waals surface area contributed by atoms with Gasteiger partial charge in [0.25, 0.3) is 0 Å². The summed E-state index contributed by atoms with van der Waals surface area (Å²) in [6.07, 6.45) is 0. The van der Waals surface area contributed by atoms with E-state index in [1.807, 2.05) is 48.5 Å². The Hall–Kier alpha value is -5.57. The van der Waals surface area contributed by atoms with E-state index in [1.165, 1.54) is 48.5 Å². The van der Waals surface area contributed by atoms with Crippen molar-refractivity contribution in [2.75, 3.05) is 11.5 Å². The number of imide groups is 1. The van der Waals surface area contributed by atoms with Crippen molar-refractivity contribution < 1.29 is 33.4 Å². The Balaban J connectivity index is 0.986. The molecule has 5 aromatic rings. The van der Waals surface area contributed by atoms with Gasteiger partial charge in [-0.1, -0.05) is 83.9 Å². The molecule has 4 aliphatic rings. The Morgan fingerprint density at radius 1 is 0.600 bits per heavy atom. The van der Waals surface area contributed by atoms with E-state index >= 15 is 0 Å². The van der Waals surface area contributed by atoms with Gasteiger partial charge in [-0.2, -0.15) is 0 Å². The second kappa shape index (κ2) is 12.4. The average Bonchev–Trinajstić information content (AvgIpc) is 3.41. The molecule has 2 unspecified atom stereocenters. The zero-order valence-corrected chi connectivity index (χ0v) is 27.6. The second-order valence-corrected chi connectivity index (χ2v) is 13.2. The van der Waals surface area contributed by atoms with E-state index in [0.29, 0.717) is 5.02 Å². The maximum atomic E-state index is 14.2. The number of hydrogen-bond donors (Lipinski definition) is 0. The van der Waals surface area contributed by atoms with Crippen LogP contribution in [0.4, 0.5) is 5.69 Å². The van der Waals surface area contributed by atoms with Gasteiger partial charge in [0.2, 0.25) is 11.8 Å². The van der Waals surface area contributed by atoms with Gasteiger partial charge in [0.05, 0.1) is 38.7 Å². The molecule has 1 saturated heterocycles. The Labute approximate surface area is 296 Å². The van der Waals surface area contributed by atoms with E-state index in [-0.39, 0.29) is 56.8 Å². The van der Waals surface area contributed by atoms with E-state index in [4.69, 9.17) is 32.7 Å². The van der Waals surface area contributed by atoms with Gasteiger partial charge in [0, 0.05) is 17.4 Å². The fraction of sp³-hybridized carbons (Fsp3) is 0.125. The lowest BCUT2D eigenvalue weighted by Gasteiger charge is -2.45. The second-order valence-electron chi connectivity index (χ2n) is 12.3. The molecule has 0 saturated carbocycles. The number of hydrogen-bond acceptors (Lipinski definition) is 7. The van der Waals surface area contributed by atoms with Crippen molar-refractivity contribution in [1.29, 1.82) is 0 Å². The Kier molecular flexibility index (Phi) is 7.85. The standard InChI is InChI=1S/C40H25Cl2NO7/c41-29-18-15-22(19-30(29)42)39(47)50-23-16-13-21(14-17-23)32(44)20-49-40(48)28-11-5-6-12-31(28)43-37(45)35-33-24-7-1-2-8-25(24)34(36(35)38(43)46)27-10-4-3-9-26(27)33/h1-19,33-36H,20H2. The summed E-state index contributed by atoms with van der Waals surface area (Å²) in [5, 5.41) is 0.509. The molecule has 2 amide bonds. The highest BCUT2D eigenvalue weighted by atomic mass is 35.5. The minimum Gasteiger partial charge on any atom is -0.454 e. The van der Waals surface area contributed by atoms with E-state index in [0.717, 1.165) is 27.2 Å². The Bertz CT molecular complexity index is 2150. The molecule has 8 nitrogen and oxygen atoms in total. The quantitative estimate of drug-likeness (QED) is 0.0743. The minimum atomic E-state index is -0.855. The molecule has 50 heavy (non-hydrogen) atoms. The van der Waals surface area contributed by atoms with Crippen LogP contribution in [0, 0.1) is 11.8 Å². The summed E-state index contributed by atoms with van der Waals surface area (Å²) in [6.45, 7) is -0.600. The van der Waals surface area contributed by atoms with Crippen LogP contribution < -0.4 is 9.64 Å². The number of amides is 2. The smallest absolute Gasteiger partial charge is 0.343 e. The van der Waals surface area contributed by atoms with Gasteiger partial charge in [-0.25, -0.2) is 14.5 Å². The van der Waals surface area contributed by atoms with Crippen LogP contribution in [0.25, 0.3) is 0 Å². The van der Waals surface area contributed by atoms with Crippen LogP contribution in [0.15, 0.2) is 115 Å². The molecule has 10 heteroatoms. The molecule has 1 heterocycles. The van der Waals surface area contributed by atoms with E-state index < -0.39 is 36.2 Å². The highest BCUT2D eigenvalue weighted by Gasteiger charge is 2.62. The third kappa shape index (κ3) is 5.11. The van der Waals surface area contributed by atoms with Gasteiger partial charge >= 0.3 is 11.9 Å². The van der Waals surface area contributed by atoms with Crippen LogP contribution in [-0.2, 0) is 14.3 Å². The summed E-state index contributed by atoms with van der Waals surface area (Å²) >= 11 is 11.9. The number of Topliss-reactive ketones (excluding diaryl/α,β-unsaturated/α-hetero) is 1. The maximum absolute atomic E-state index is 14.2. The normalized spacial score (nSPS) is 19.8. The lowest BCUT2D eigenvalue weighted by Crippen LogP contribution is -2.41. The molecule has 0 N–H and O–H groups in total. The molecule has 246 valence electrons. The lowest BCUT2D eigenvalue weighted by atomic mass is 9.55. The molecule has 0 radical (unpaired) electrons. The van der Waals surface area contributed by atoms with E-state index in [9.17, 15) is 24.0 Å². The first kappa shape index (κ1) is 31.7. The molecule has 0 spiro atoms. The number of para-hydroxylation sites is 1. The van der Waals surface area contributed by atoms with Crippen molar-refractivity contribution in [1.82, 2.24) is 0 Å². The fourth-order valence-electron chi connectivity index (χ4n) is 7.55. The highest BCUT2D eigenvalue weighted by Crippen LogP contribution is 2.61. The number of benzene rings is 5. The topological polar surface area (TPSA) is 107 Å². The van der Waals surface area contributed by atoms with Gasteiger partial charge in [0.1, 0.15) is 5.75 Å². The minimum absolute atomic E-state index is 0.00687. The summed E-state index contributed by atoms with van der Waals surface area (Å²) in [5.74, 6) is -4.39. The Morgan fingerprint density at radius 2 is 1.12 bits per heavy atom. The number of anilines is 1. The van der Waals surface area contributed by atoms with Gasteiger partial charge in [-0.3, -0.25) is 14.4 Å². The zero-order chi connectivity index (χ0) is 34.7. The SMILES string of the molecule is O=C(COC(=O)c1ccccc1N1C(=O)C2C3c4ccccc4C(c4ccccc43)C2C1=O)c1ccc(OC(=O)c2ccc(Cl)c(Cl)c2)cc1. The van der Waals surface area contributed by atoms with E-state index in [1.54, 1.807) is 18.2 Å². The number of carbonyl (C=O) groups is 5. The number of rotatable bonds is 7. The van der Waals surface area contributed by atoms with Crippen LogP contribution in [0.1, 0.15) is 65.2 Å². The molecule has 5 aromatic carbocycles. The molecule has 2 bridgehead atoms. The van der Waals surface area contributed by atoms with Crippen LogP contribution in [0.2, 0.25) is 10.0 Å². The van der Waals surface area contributed by atoms with Gasteiger partial charge < -0.3 is 9.47 Å². The van der Waals surface area contributed by atoms with Crippen molar-refractivity contribution >= 4 is 58.4 Å². The summed E-state index contributed by atoms with van der Waals surface area (Å²) in [7, 11) is 0. The summed E-state index contributed by atoms with van der Waals surface area (Å²) in [6, 6.07) is 32.3. The first-order valence-corrected chi connectivity index (χ1v) is 16.6. The van der Waals surface area contributed by atoms with E-state index in [2.05, 4.69) is 0 Å². The highest BCUT2D eigenvalue weighted by molar-refractivity contribution is 6.42. The monoisotopic (exact) mass is 701 g/mol. The number of nitrogens with zero attached hydrogens (tertiary/aromatic N) is 1. The van der Waals surface area contributed by atoms with Gasteiger partial charge in [-0.05, 0) is 76.9 Å². The van der Waals surface area contributed by atoms with Crippen LogP contribution in [0.3, 0.4) is 0 Å². The number of halogens is 2. The molecular formula is C40H25Cl2NO7. The Morgan fingerprint density at radius 3 is 1.68 bits per heavy atom. The largest absolute Gasteiger partial charge is 0.454 e. The molecule has 1 aliphatic heterocycles. The third-order valence-electron chi connectivity index (χ3n) is 9.69. The van der Waals surface area contributed by atoms with Gasteiger partial charge in [0.15, 0.2) is 12.4 Å². The van der Waals surface area contributed by atoms with Crippen molar-refractivity contribution in [2.24, 2.45) is 11.8 Å². The first-order valence-electron chi connectivity index (χ1n) is 15.8. The lowest BCUT2D eigenvalue weighted by molar-refractivity contribution is -0.122. The molecule has 1 fully saturated rings. The van der Waals surface area contributed by atoms with Crippen LogP contribution >= 0.6 is 23.2 Å². The predicted octanol–water partition coefficient (Wildman–Crippen LogP) is 7.65. The molecule has 9 rings (SSSR count). The molecule has 3 aliphatic carbocycles. The maximum Gasteiger partial charge on any atom is 0.343 e. The number of ketones is 1. The van der Waals surface area contributed by atoms with Crippen LogP contribution in [-0.4, -0.2) is 36.1 Å². The molecule has 2 atom stereocenters. The zero-order valence-electron chi connectivity index (χ0n) is 26.0. The predicted molar refractivity (Wildman–Crippen MR) is 185 cm³/mol. The first-order chi connectivity index (χ1) is 24.2. The number of carbonyl (C=O) groups excluding carboxylic acids is 5. The molecule has 0 aromatic heterocycles. The average molecular weight is 703 g/mol. The third-order valence-corrected chi connectivity index (χ3v) is 10.4. The number of ether oxygens (including phenoxy) is 2. The molecular weight excluding hydrogens is 677 g/mol. The van der Waals surface area contributed by atoms with Crippen molar-refractivity contribution in [2.45, 2.75) is 11.8 Å². The summed E-state index contributed by atoms with van der Waals surface area (Å²) in [4.78, 5) is 68.5. The fourth-order valence-corrected chi connectivity index (χ4v) is 7.84. The van der Waals surface area contributed by atoms with Crippen LogP contribution in [0.5, 0.6) is 5.75 Å². The van der Waals surface area contributed by atoms with Crippen molar-refractivity contribution in [3.8, 4) is 5.75 Å². The number of esters is 2. The van der Waals surface area contributed by atoms with Crippen molar-refractivity contribution in [3.63, 3.8) is 0 Å². The summed E-state index contributed by atoms with van der Waals surface area (Å²) < 4.78 is 10.8. The van der Waals surface area contributed by atoms with Crippen molar-refractivity contribution in [3.05, 3.63) is 164 Å². The summed E-state index contributed by atoms with van der Waals surface area (Å²) in [5.41, 5.74) is 4.71. The van der Waals surface area contributed by atoms with Gasteiger partial charge in [-0.15, -0.1) is 0 Å².